The van der Waals surface area contributed by atoms with Gasteiger partial charge in [-0.2, -0.15) is 4.31 Å². The predicted molar refractivity (Wildman–Crippen MR) is 115 cm³/mol. The standard InChI is InChI=1S/C21H33N3O5S/c1-3-15-30(26,27)24-10-4-5-19(24)21(25)22-16-20(23-11-13-29-14-12-23)17-6-8-18(28-2)9-7-17/h6-9,19-20H,3-5,10-16H2,1-2H3,(H,22,25). The number of hydrogen-bond donors (Lipinski definition) is 1. The summed E-state index contributed by atoms with van der Waals surface area (Å²) in [5, 5.41) is 3.03. The molecule has 1 aromatic carbocycles. The van der Waals surface area contributed by atoms with Crippen molar-refractivity contribution in [1.82, 2.24) is 14.5 Å². The molecule has 1 amide bonds. The lowest BCUT2D eigenvalue weighted by Gasteiger charge is -2.35. The Morgan fingerprint density at radius 2 is 1.93 bits per heavy atom. The van der Waals surface area contributed by atoms with Crippen LogP contribution in [0.3, 0.4) is 0 Å². The average molecular weight is 440 g/mol. The molecule has 1 aromatic rings. The molecular weight excluding hydrogens is 406 g/mol. The molecule has 2 unspecified atom stereocenters. The van der Waals surface area contributed by atoms with Crippen LogP contribution in [0.25, 0.3) is 0 Å². The summed E-state index contributed by atoms with van der Waals surface area (Å²) in [4.78, 5) is 15.2. The molecule has 30 heavy (non-hydrogen) atoms. The van der Waals surface area contributed by atoms with E-state index in [2.05, 4.69) is 10.2 Å². The lowest BCUT2D eigenvalue weighted by atomic mass is 10.0. The van der Waals surface area contributed by atoms with Gasteiger partial charge in [-0.25, -0.2) is 8.42 Å². The van der Waals surface area contributed by atoms with Crippen LogP contribution in [0.4, 0.5) is 0 Å². The summed E-state index contributed by atoms with van der Waals surface area (Å²) >= 11 is 0. The number of nitrogens with zero attached hydrogens (tertiary/aromatic N) is 2. The Balaban J connectivity index is 1.70. The fourth-order valence-corrected chi connectivity index (χ4v) is 5.94. The van der Waals surface area contributed by atoms with Gasteiger partial charge in [0.1, 0.15) is 11.8 Å². The van der Waals surface area contributed by atoms with Gasteiger partial charge >= 0.3 is 0 Å². The number of rotatable bonds is 9. The third kappa shape index (κ3) is 5.51. The Morgan fingerprint density at radius 3 is 2.57 bits per heavy atom. The van der Waals surface area contributed by atoms with Gasteiger partial charge < -0.3 is 14.8 Å². The maximum Gasteiger partial charge on any atom is 0.238 e. The van der Waals surface area contributed by atoms with Crippen molar-refractivity contribution in [3.8, 4) is 5.75 Å². The molecule has 0 radical (unpaired) electrons. The fraction of sp³-hybridized carbons (Fsp3) is 0.667. The number of carbonyl (C=O) groups excluding carboxylic acids is 1. The average Bonchev–Trinajstić information content (AvgIpc) is 3.26. The highest BCUT2D eigenvalue weighted by molar-refractivity contribution is 7.89. The Hall–Kier alpha value is -1.68. The highest BCUT2D eigenvalue weighted by Gasteiger charge is 2.38. The highest BCUT2D eigenvalue weighted by atomic mass is 32.2. The second-order valence-corrected chi connectivity index (χ2v) is 9.81. The quantitative estimate of drug-likeness (QED) is 0.626. The molecule has 168 valence electrons. The van der Waals surface area contributed by atoms with Crippen LogP contribution in [-0.2, 0) is 19.6 Å². The van der Waals surface area contributed by atoms with Crippen LogP contribution in [0.15, 0.2) is 24.3 Å². The lowest BCUT2D eigenvalue weighted by molar-refractivity contribution is -0.124. The minimum absolute atomic E-state index is 0.00846. The number of carbonyl (C=O) groups is 1. The molecule has 1 N–H and O–H groups in total. The molecule has 2 saturated heterocycles. The number of morpholine rings is 1. The first-order valence-electron chi connectivity index (χ1n) is 10.7. The van der Waals surface area contributed by atoms with Gasteiger partial charge in [0.05, 0.1) is 32.1 Å². The third-order valence-electron chi connectivity index (χ3n) is 5.78. The molecule has 3 rings (SSSR count). The van der Waals surface area contributed by atoms with Crippen LogP contribution in [0, 0.1) is 0 Å². The molecule has 2 atom stereocenters. The van der Waals surface area contributed by atoms with Crippen molar-refractivity contribution in [2.75, 3.05) is 52.3 Å². The van der Waals surface area contributed by atoms with Crippen LogP contribution >= 0.6 is 0 Å². The summed E-state index contributed by atoms with van der Waals surface area (Å²) in [6.07, 6.45) is 1.83. The molecule has 2 aliphatic rings. The Kier molecular flexibility index (Phi) is 8.10. The van der Waals surface area contributed by atoms with E-state index in [4.69, 9.17) is 9.47 Å². The zero-order valence-electron chi connectivity index (χ0n) is 17.9. The number of methoxy groups -OCH3 is 1. The van der Waals surface area contributed by atoms with E-state index in [-0.39, 0.29) is 17.7 Å². The molecule has 8 nitrogen and oxygen atoms in total. The zero-order chi connectivity index (χ0) is 21.6. The van der Waals surface area contributed by atoms with Crippen molar-refractivity contribution in [2.24, 2.45) is 0 Å². The largest absolute Gasteiger partial charge is 0.497 e. The van der Waals surface area contributed by atoms with Crippen molar-refractivity contribution in [3.05, 3.63) is 29.8 Å². The van der Waals surface area contributed by atoms with Crippen LogP contribution in [0.1, 0.15) is 37.8 Å². The van der Waals surface area contributed by atoms with Crippen molar-refractivity contribution < 1.29 is 22.7 Å². The molecule has 0 aromatic heterocycles. The number of amides is 1. The third-order valence-corrected chi connectivity index (χ3v) is 7.86. The monoisotopic (exact) mass is 439 g/mol. The summed E-state index contributed by atoms with van der Waals surface area (Å²) in [6.45, 7) is 5.57. The summed E-state index contributed by atoms with van der Waals surface area (Å²) in [6, 6.07) is 7.24. The maximum absolute atomic E-state index is 12.9. The molecule has 0 saturated carbocycles. The number of sulfonamides is 1. The zero-order valence-corrected chi connectivity index (χ0v) is 18.7. The number of ether oxygens (including phenoxy) is 2. The van der Waals surface area contributed by atoms with E-state index in [1.54, 1.807) is 7.11 Å². The van der Waals surface area contributed by atoms with Crippen molar-refractivity contribution in [3.63, 3.8) is 0 Å². The molecule has 0 spiro atoms. The van der Waals surface area contributed by atoms with Gasteiger partial charge in [-0.3, -0.25) is 9.69 Å². The van der Waals surface area contributed by atoms with E-state index < -0.39 is 16.1 Å². The van der Waals surface area contributed by atoms with E-state index in [1.807, 2.05) is 31.2 Å². The number of benzene rings is 1. The Bertz CT molecular complexity index is 793. The van der Waals surface area contributed by atoms with Gasteiger partial charge in [0.15, 0.2) is 0 Å². The maximum atomic E-state index is 12.9. The molecule has 2 aliphatic heterocycles. The van der Waals surface area contributed by atoms with E-state index in [1.165, 1.54) is 4.31 Å². The number of hydrogen-bond acceptors (Lipinski definition) is 6. The van der Waals surface area contributed by atoms with Gasteiger partial charge in [-0.15, -0.1) is 0 Å². The number of nitrogens with one attached hydrogen (secondary N) is 1. The Morgan fingerprint density at radius 1 is 1.23 bits per heavy atom. The van der Waals surface area contributed by atoms with Gasteiger partial charge in [0.2, 0.25) is 15.9 Å². The molecule has 2 heterocycles. The minimum atomic E-state index is -3.39. The second-order valence-electron chi connectivity index (χ2n) is 7.77. The van der Waals surface area contributed by atoms with E-state index >= 15 is 0 Å². The van der Waals surface area contributed by atoms with Crippen molar-refractivity contribution in [2.45, 2.75) is 38.3 Å². The summed E-state index contributed by atoms with van der Waals surface area (Å²) in [7, 11) is -1.76. The normalized spacial score (nSPS) is 22.0. The summed E-state index contributed by atoms with van der Waals surface area (Å²) < 4.78 is 37.2. The van der Waals surface area contributed by atoms with Crippen LogP contribution < -0.4 is 10.1 Å². The van der Waals surface area contributed by atoms with Crippen LogP contribution in [0.2, 0.25) is 0 Å². The van der Waals surface area contributed by atoms with Gasteiger partial charge in [-0.05, 0) is 37.0 Å². The predicted octanol–water partition coefficient (Wildman–Crippen LogP) is 1.39. The van der Waals surface area contributed by atoms with Crippen LogP contribution in [0.5, 0.6) is 5.75 Å². The molecule has 2 fully saturated rings. The first kappa shape index (κ1) is 23.0. The first-order valence-corrected chi connectivity index (χ1v) is 12.3. The van der Waals surface area contributed by atoms with Gasteiger partial charge in [0, 0.05) is 26.2 Å². The van der Waals surface area contributed by atoms with E-state index in [0.717, 1.165) is 24.4 Å². The molecule has 0 bridgehead atoms. The van der Waals surface area contributed by atoms with Crippen LogP contribution in [-0.4, -0.2) is 81.8 Å². The second kappa shape index (κ2) is 10.6. The van der Waals surface area contributed by atoms with Gasteiger partial charge in [0.25, 0.3) is 0 Å². The van der Waals surface area contributed by atoms with E-state index in [9.17, 15) is 13.2 Å². The first-order chi connectivity index (χ1) is 14.5. The molecule has 0 aliphatic carbocycles. The summed E-state index contributed by atoms with van der Waals surface area (Å²) in [5.74, 6) is 0.657. The van der Waals surface area contributed by atoms with Crippen molar-refractivity contribution in [1.29, 1.82) is 0 Å². The Labute approximate surface area is 179 Å². The van der Waals surface area contributed by atoms with E-state index in [0.29, 0.717) is 45.6 Å². The lowest BCUT2D eigenvalue weighted by Crippen LogP contribution is -2.49. The van der Waals surface area contributed by atoms with Gasteiger partial charge in [-0.1, -0.05) is 19.1 Å². The molecular formula is C21H33N3O5S. The summed E-state index contributed by atoms with van der Waals surface area (Å²) in [5.41, 5.74) is 1.08. The SMILES string of the molecule is CCCS(=O)(=O)N1CCCC1C(=O)NCC(c1ccc(OC)cc1)N1CCOCC1. The van der Waals surface area contributed by atoms with Crippen molar-refractivity contribution >= 4 is 15.9 Å². The topological polar surface area (TPSA) is 88.2 Å². The molecule has 9 heteroatoms. The minimum Gasteiger partial charge on any atom is -0.497 e. The smallest absolute Gasteiger partial charge is 0.238 e. The highest BCUT2D eigenvalue weighted by Crippen LogP contribution is 2.25. The fourth-order valence-electron chi connectivity index (χ4n) is 4.20.